The molecular formula is C26H37N5O3. The molecule has 0 radical (unpaired) electrons. The number of likely N-dealkylation sites (tertiary alicyclic amines) is 1. The molecule has 1 N–H and O–H groups in total. The van der Waals surface area contributed by atoms with Gasteiger partial charge in [-0.05, 0) is 50.3 Å². The maximum Gasteiger partial charge on any atom is 0.268 e. The van der Waals surface area contributed by atoms with Crippen molar-refractivity contribution in [3.05, 3.63) is 58.5 Å². The Labute approximate surface area is 201 Å². The van der Waals surface area contributed by atoms with E-state index in [1.807, 2.05) is 0 Å². The number of methoxy groups -OCH3 is 1. The molecule has 0 saturated carbocycles. The average molecular weight is 468 g/mol. The number of carbonyl (C=O) groups is 1. The zero-order valence-corrected chi connectivity index (χ0v) is 20.2. The molecular weight excluding hydrogens is 430 g/mol. The molecule has 8 nitrogen and oxygen atoms in total. The molecule has 8 heteroatoms. The first kappa shape index (κ1) is 24.4. The Balaban J connectivity index is 1.15. The number of piperidine rings is 1. The number of hydrogen-bond donors (Lipinski definition) is 1. The van der Waals surface area contributed by atoms with Crippen molar-refractivity contribution in [2.75, 3.05) is 57.9 Å². The fraction of sp³-hybridized carbons (Fsp3) is 0.577. The molecule has 0 spiro atoms. The molecule has 1 amide bonds. The lowest BCUT2D eigenvalue weighted by molar-refractivity contribution is -0.124. The molecule has 2 aliphatic heterocycles. The number of ether oxygens (including phenoxy) is 1. The van der Waals surface area contributed by atoms with Crippen LogP contribution in [0.5, 0.6) is 0 Å². The van der Waals surface area contributed by atoms with Crippen molar-refractivity contribution in [2.24, 2.45) is 11.8 Å². The lowest BCUT2D eigenvalue weighted by Gasteiger charge is -2.32. The van der Waals surface area contributed by atoms with E-state index in [1.165, 1.54) is 29.5 Å². The van der Waals surface area contributed by atoms with Gasteiger partial charge < -0.3 is 19.9 Å². The van der Waals surface area contributed by atoms with Crippen LogP contribution in [0.1, 0.15) is 24.8 Å². The first-order valence-electron chi connectivity index (χ1n) is 12.5. The molecule has 34 heavy (non-hydrogen) atoms. The standard InChI is InChI=1S/C26H37N5O3/c1-34-16-15-31-25(32)18-24(19-28-31)30-13-9-23(20-30)26(33)27-10-14-29-11-7-22(8-12-29)17-21-5-3-2-4-6-21/h2-6,18-19,22-23H,7-17,20H2,1H3,(H,27,33). The van der Waals surface area contributed by atoms with E-state index in [0.29, 0.717) is 26.2 Å². The van der Waals surface area contributed by atoms with Gasteiger partial charge in [0.25, 0.3) is 5.56 Å². The second-order valence-electron chi connectivity index (χ2n) is 9.47. The van der Waals surface area contributed by atoms with Crippen LogP contribution >= 0.6 is 0 Å². The van der Waals surface area contributed by atoms with E-state index in [4.69, 9.17) is 4.74 Å². The summed E-state index contributed by atoms with van der Waals surface area (Å²) in [5.74, 6) is 0.824. The van der Waals surface area contributed by atoms with Gasteiger partial charge in [0.2, 0.25) is 5.91 Å². The quantitative estimate of drug-likeness (QED) is 0.574. The van der Waals surface area contributed by atoms with E-state index in [1.54, 1.807) is 19.4 Å². The molecule has 1 aromatic heterocycles. The van der Waals surface area contributed by atoms with Crippen molar-refractivity contribution in [3.63, 3.8) is 0 Å². The number of hydrogen-bond acceptors (Lipinski definition) is 6. The third kappa shape index (κ3) is 6.67. The number of carbonyl (C=O) groups excluding carboxylic acids is 1. The smallest absolute Gasteiger partial charge is 0.268 e. The van der Waals surface area contributed by atoms with E-state index in [2.05, 4.69) is 50.5 Å². The highest BCUT2D eigenvalue weighted by Crippen LogP contribution is 2.23. The number of anilines is 1. The fourth-order valence-corrected chi connectivity index (χ4v) is 4.99. The molecule has 2 aromatic rings. The second-order valence-corrected chi connectivity index (χ2v) is 9.47. The predicted octanol–water partition coefficient (Wildman–Crippen LogP) is 1.79. The molecule has 4 rings (SSSR count). The summed E-state index contributed by atoms with van der Waals surface area (Å²) in [6.45, 7) is 6.08. The number of amides is 1. The number of nitrogens with zero attached hydrogens (tertiary/aromatic N) is 4. The maximum atomic E-state index is 12.7. The summed E-state index contributed by atoms with van der Waals surface area (Å²) in [5, 5.41) is 7.37. The Hall–Kier alpha value is -2.71. The Bertz CT molecular complexity index is 972. The van der Waals surface area contributed by atoms with Crippen LogP contribution in [0, 0.1) is 11.8 Å². The summed E-state index contributed by atoms with van der Waals surface area (Å²) in [5.41, 5.74) is 2.07. The minimum absolute atomic E-state index is 0.0486. The van der Waals surface area contributed by atoms with Crippen molar-refractivity contribution in [1.82, 2.24) is 20.0 Å². The molecule has 2 fully saturated rings. The van der Waals surface area contributed by atoms with Crippen LogP contribution in [0.2, 0.25) is 0 Å². The largest absolute Gasteiger partial charge is 0.383 e. The van der Waals surface area contributed by atoms with E-state index in [-0.39, 0.29) is 17.4 Å². The Kier molecular flexibility index (Phi) is 8.71. The SMILES string of the molecule is COCCn1ncc(N2CCC(C(=O)NCCN3CCC(Cc4ccccc4)CC3)C2)cc1=O. The fourth-order valence-electron chi connectivity index (χ4n) is 4.99. The van der Waals surface area contributed by atoms with Gasteiger partial charge in [-0.15, -0.1) is 0 Å². The van der Waals surface area contributed by atoms with Crippen LogP contribution in [0.25, 0.3) is 0 Å². The van der Waals surface area contributed by atoms with Gasteiger partial charge in [0.15, 0.2) is 0 Å². The summed E-state index contributed by atoms with van der Waals surface area (Å²) in [6.07, 6.45) is 6.11. The van der Waals surface area contributed by atoms with Crippen LogP contribution in [0.3, 0.4) is 0 Å². The number of nitrogens with one attached hydrogen (secondary N) is 1. The molecule has 1 unspecified atom stereocenters. The Morgan fingerprint density at radius 2 is 1.91 bits per heavy atom. The maximum absolute atomic E-state index is 12.7. The van der Waals surface area contributed by atoms with Crippen LogP contribution in [-0.2, 0) is 22.5 Å². The van der Waals surface area contributed by atoms with Crippen molar-refractivity contribution < 1.29 is 9.53 Å². The lowest BCUT2D eigenvalue weighted by atomic mass is 9.90. The van der Waals surface area contributed by atoms with E-state index in [9.17, 15) is 9.59 Å². The highest BCUT2D eigenvalue weighted by Gasteiger charge is 2.29. The van der Waals surface area contributed by atoms with E-state index >= 15 is 0 Å². The molecule has 3 heterocycles. The highest BCUT2D eigenvalue weighted by molar-refractivity contribution is 5.80. The van der Waals surface area contributed by atoms with Gasteiger partial charge in [-0.1, -0.05) is 30.3 Å². The molecule has 1 atom stereocenters. The van der Waals surface area contributed by atoms with Crippen LogP contribution < -0.4 is 15.8 Å². The number of benzene rings is 1. The van der Waals surface area contributed by atoms with Gasteiger partial charge in [-0.3, -0.25) is 9.59 Å². The van der Waals surface area contributed by atoms with Gasteiger partial charge in [0.1, 0.15) is 0 Å². The summed E-state index contributed by atoms with van der Waals surface area (Å²) in [6, 6.07) is 12.4. The molecule has 0 aliphatic carbocycles. The van der Waals surface area contributed by atoms with Gasteiger partial charge >= 0.3 is 0 Å². The summed E-state index contributed by atoms with van der Waals surface area (Å²) in [7, 11) is 1.60. The normalized spacial score (nSPS) is 19.4. The van der Waals surface area contributed by atoms with Crippen LogP contribution in [-0.4, -0.2) is 73.6 Å². The molecule has 1 aromatic carbocycles. The minimum atomic E-state index is -0.144. The highest BCUT2D eigenvalue weighted by atomic mass is 16.5. The number of aromatic nitrogens is 2. The molecule has 2 saturated heterocycles. The molecule has 0 bridgehead atoms. The summed E-state index contributed by atoms with van der Waals surface area (Å²) < 4.78 is 6.41. The second kappa shape index (κ2) is 12.1. The zero-order chi connectivity index (χ0) is 23.8. The average Bonchev–Trinajstić information content (AvgIpc) is 3.35. The van der Waals surface area contributed by atoms with Crippen molar-refractivity contribution in [2.45, 2.75) is 32.2 Å². The van der Waals surface area contributed by atoms with Crippen molar-refractivity contribution >= 4 is 11.6 Å². The predicted molar refractivity (Wildman–Crippen MR) is 133 cm³/mol. The Morgan fingerprint density at radius 1 is 1.12 bits per heavy atom. The monoisotopic (exact) mass is 467 g/mol. The lowest BCUT2D eigenvalue weighted by Crippen LogP contribution is -2.41. The third-order valence-corrected chi connectivity index (χ3v) is 7.09. The number of rotatable bonds is 10. The van der Waals surface area contributed by atoms with Gasteiger partial charge in [0, 0.05) is 39.4 Å². The van der Waals surface area contributed by atoms with Crippen molar-refractivity contribution in [3.8, 4) is 0 Å². The van der Waals surface area contributed by atoms with Crippen molar-refractivity contribution in [1.29, 1.82) is 0 Å². The minimum Gasteiger partial charge on any atom is -0.383 e. The summed E-state index contributed by atoms with van der Waals surface area (Å²) in [4.78, 5) is 29.5. The molecule has 2 aliphatic rings. The molecule has 184 valence electrons. The third-order valence-electron chi connectivity index (χ3n) is 7.09. The first-order chi connectivity index (χ1) is 16.6. The van der Waals surface area contributed by atoms with Crippen LogP contribution in [0.15, 0.2) is 47.4 Å². The van der Waals surface area contributed by atoms with Gasteiger partial charge in [-0.25, -0.2) is 4.68 Å². The van der Waals surface area contributed by atoms with Gasteiger partial charge in [-0.2, -0.15) is 5.10 Å². The van der Waals surface area contributed by atoms with Crippen LogP contribution in [0.4, 0.5) is 5.69 Å². The van der Waals surface area contributed by atoms with E-state index in [0.717, 1.165) is 44.2 Å². The van der Waals surface area contributed by atoms with E-state index < -0.39 is 0 Å². The first-order valence-corrected chi connectivity index (χ1v) is 12.5. The topological polar surface area (TPSA) is 79.7 Å². The zero-order valence-electron chi connectivity index (χ0n) is 20.2. The summed E-state index contributed by atoms with van der Waals surface area (Å²) >= 11 is 0. The Morgan fingerprint density at radius 3 is 2.65 bits per heavy atom. The van der Waals surface area contributed by atoms with Gasteiger partial charge in [0.05, 0.1) is 31.0 Å².